The minimum Gasteiger partial charge on any atom is -0.508 e. The third-order valence-electron chi connectivity index (χ3n) is 6.87. The Kier molecular flexibility index (Phi) is 7.87. The van der Waals surface area contributed by atoms with Crippen LogP contribution in [0.3, 0.4) is 0 Å². The number of phenolic OH excluding ortho intramolecular Hbond substituents is 1. The summed E-state index contributed by atoms with van der Waals surface area (Å²) >= 11 is 0. The third kappa shape index (κ3) is 5.60. The maximum absolute atomic E-state index is 9.88. The molecule has 0 unspecified atom stereocenters. The first-order valence-corrected chi connectivity index (χ1v) is 12.3. The van der Waals surface area contributed by atoms with E-state index in [9.17, 15) is 10.2 Å². The van der Waals surface area contributed by atoms with Crippen molar-refractivity contribution < 1.29 is 10.2 Å². The molecule has 1 aliphatic rings. The Morgan fingerprint density at radius 1 is 0.853 bits per heavy atom. The number of phenols is 1. The predicted molar refractivity (Wildman–Crippen MR) is 142 cm³/mol. The van der Waals surface area contributed by atoms with Crippen molar-refractivity contribution in [2.75, 3.05) is 19.7 Å². The molecule has 3 aromatic rings. The van der Waals surface area contributed by atoms with Crippen LogP contribution in [0.5, 0.6) is 5.75 Å². The zero-order valence-corrected chi connectivity index (χ0v) is 20.1. The van der Waals surface area contributed by atoms with E-state index in [1.807, 2.05) is 18.2 Å². The van der Waals surface area contributed by atoms with Gasteiger partial charge in [-0.2, -0.15) is 0 Å². The molecule has 34 heavy (non-hydrogen) atoms. The SMILES string of the molecule is C=C(C)N1CCC(c2ccc(/C(=C(/CCCO)c3ccccc3)c3ccc(O)cc3)cc2)CC1. The van der Waals surface area contributed by atoms with Crippen molar-refractivity contribution in [2.24, 2.45) is 0 Å². The number of allylic oxidation sites excluding steroid dienone is 2. The van der Waals surface area contributed by atoms with Gasteiger partial charge in [-0.15, -0.1) is 0 Å². The lowest BCUT2D eigenvalue weighted by molar-refractivity contribution is 0.264. The number of hydrogen-bond acceptors (Lipinski definition) is 3. The maximum Gasteiger partial charge on any atom is 0.115 e. The highest BCUT2D eigenvalue weighted by molar-refractivity contribution is 5.98. The van der Waals surface area contributed by atoms with Crippen molar-refractivity contribution >= 4 is 11.1 Å². The molecule has 1 aliphatic heterocycles. The molecule has 0 atom stereocenters. The minimum absolute atomic E-state index is 0.154. The number of piperidine rings is 1. The number of aliphatic hydroxyl groups is 1. The fourth-order valence-corrected chi connectivity index (χ4v) is 4.97. The topological polar surface area (TPSA) is 43.7 Å². The van der Waals surface area contributed by atoms with Gasteiger partial charge in [0.15, 0.2) is 0 Å². The van der Waals surface area contributed by atoms with E-state index in [4.69, 9.17) is 0 Å². The lowest BCUT2D eigenvalue weighted by Gasteiger charge is -2.34. The van der Waals surface area contributed by atoms with Crippen molar-refractivity contribution in [3.8, 4) is 5.75 Å². The molecule has 3 nitrogen and oxygen atoms in total. The Labute approximate surface area is 203 Å². The van der Waals surface area contributed by atoms with Gasteiger partial charge in [-0.1, -0.05) is 73.3 Å². The van der Waals surface area contributed by atoms with Crippen LogP contribution < -0.4 is 0 Å². The second kappa shape index (κ2) is 11.2. The van der Waals surface area contributed by atoms with Crippen molar-refractivity contribution in [1.29, 1.82) is 0 Å². The quantitative estimate of drug-likeness (QED) is 0.367. The van der Waals surface area contributed by atoms with Gasteiger partial charge in [-0.25, -0.2) is 0 Å². The van der Waals surface area contributed by atoms with Gasteiger partial charge in [0.1, 0.15) is 5.75 Å². The number of nitrogens with zero attached hydrogens (tertiary/aromatic N) is 1. The van der Waals surface area contributed by atoms with Crippen molar-refractivity contribution in [3.05, 3.63) is 113 Å². The highest BCUT2D eigenvalue weighted by Gasteiger charge is 2.21. The lowest BCUT2D eigenvalue weighted by Crippen LogP contribution is -2.31. The van der Waals surface area contributed by atoms with E-state index in [2.05, 4.69) is 66.9 Å². The fourth-order valence-electron chi connectivity index (χ4n) is 4.97. The van der Waals surface area contributed by atoms with Crippen LogP contribution in [-0.2, 0) is 0 Å². The third-order valence-corrected chi connectivity index (χ3v) is 6.87. The zero-order valence-electron chi connectivity index (χ0n) is 20.1. The van der Waals surface area contributed by atoms with Crippen molar-refractivity contribution in [3.63, 3.8) is 0 Å². The number of hydrogen-bond donors (Lipinski definition) is 2. The van der Waals surface area contributed by atoms with E-state index in [1.54, 1.807) is 12.1 Å². The van der Waals surface area contributed by atoms with E-state index in [0.717, 1.165) is 60.3 Å². The molecule has 0 radical (unpaired) electrons. The summed E-state index contributed by atoms with van der Waals surface area (Å²) in [7, 11) is 0. The Balaban J connectivity index is 1.73. The Hall–Kier alpha value is -3.30. The van der Waals surface area contributed by atoms with Gasteiger partial charge in [-0.05, 0) is 84.1 Å². The molecule has 4 rings (SSSR count). The molecule has 1 fully saturated rings. The highest BCUT2D eigenvalue weighted by atomic mass is 16.3. The fraction of sp³-hybridized carbons (Fsp3) is 0.290. The van der Waals surface area contributed by atoms with Crippen molar-refractivity contribution in [2.45, 2.75) is 38.5 Å². The summed E-state index contributed by atoms with van der Waals surface area (Å²) in [6.45, 7) is 8.48. The number of aliphatic hydroxyl groups excluding tert-OH is 1. The molecular weight excluding hydrogens is 418 g/mol. The van der Waals surface area contributed by atoms with Gasteiger partial charge in [0.05, 0.1) is 0 Å². The van der Waals surface area contributed by atoms with Crippen LogP contribution in [0.25, 0.3) is 11.1 Å². The number of likely N-dealkylation sites (tertiary alicyclic amines) is 1. The summed E-state index contributed by atoms with van der Waals surface area (Å²) in [5, 5.41) is 19.5. The van der Waals surface area contributed by atoms with E-state index in [1.165, 1.54) is 11.1 Å². The molecule has 0 amide bonds. The molecular formula is C31H35NO2. The first kappa shape index (κ1) is 23.8. The largest absolute Gasteiger partial charge is 0.508 e. The summed E-state index contributed by atoms with van der Waals surface area (Å²) in [4.78, 5) is 2.38. The van der Waals surface area contributed by atoms with E-state index < -0.39 is 0 Å². The van der Waals surface area contributed by atoms with Gasteiger partial charge in [-0.3, -0.25) is 0 Å². The molecule has 0 aliphatic carbocycles. The van der Waals surface area contributed by atoms with E-state index >= 15 is 0 Å². The molecule has 3 aromatic carbocycles. The standard InChI is InChI=1S/C31H35NO2/c1-23(2)32-20-18-25(19-21-32)24-10-12-27(13-11-24)31(28-14-16-29(34)17-15-28)30(9-6-22-33)26-7-4-3-5-8-26/h3-5,7-8,10-17,25,33-34H,1,6,9,18-22H2,2H3/b31-30+. The van der Waals surface area contributed by atoms with Gasteiger partial charge in [0.25, 0.3) is 0 Å². The molecule has 0 spiro atoms. The maximum atomic E-state index is 9.88. The Morgan fingerprint density at radius 2 is 1.44 bits per heavy atom. The van der Waals surface area contributed by atoms with Crippen LogP contribution in [0.4, 0.5) is 0 Å². The molecule has 0 bridgehead atoms. The molecule has 0 saturated carbocycles. The summed E-state index contributed by atoms with van der Waals surface area (Å²) in [5.74, 6) is 0.838. The first-order chi connectivity index (χ1) is 16.6. The molecule has 2 N–H and O–H groups in total. The normalized spacial score (nSPS) is 15.2. The average molecular weight is 454 g/mol. The Bertz CT molecular complexity index is 1110. The zero-order chi connectivity index (χ0) is 23.9. The van der Waals surface area contributed by atoms with Crippen LogP contribution >= 0.6 is 0 Å². The molecule has 3 heteroatoms. The van der Waals surface area contributed by atoms with E-state index in [0.29, 0.717) is 12.3 Å². The molecule has 1 saturated heterocycles. The molecule has 1 heterocycles. The van der Waals surface area contributed by atoms with Gasteiger partial charge in [0.2, 0.25) is 0 Å². The summed E-state index contributed by atoms with van der Waals surface area (Å²) in [6, 6.07) is 26.9. The number of aromatic hydroxyl groups is 1. The van der Waals surface area contributed by atoms with Crippen LogP contribution in [0.1, 0.15) is 60.8 Å². The second-order valence-electron chi connectivity index (χ2n) is 9.21. The van der Waals surface area contributed by atoms with Crippen molar-refractivity contribution in [1.82, 2.24) is 4.90 Å². The smallest absolute Gasteiger partial charge is 0.115 e. The van der Waals surface area contributed by atoms with Crippen LogP contribution in [0, 0.1) is 0 Å². The number of benzene rings is 3. The summed E-state index contributed by atoms with van der Waals surface area (Å²) in [6.07, 6.45) is 3.78. The molecule has 176 valence electrons. The van der Waals surface area contributed by atoms with Crippen LogP contribution in [0.15, 0.2) is 91.1 Å². The average Bonchev–Trinajstić information content (AvgIpc) is 2.88. The lowest BCUT2D eigenvalue weighted by atomic mass is 9.85. The second-order valence-corrected chi connectivity index (χ2v) is 9.21. The summed E-state index contributed by atoms with van der Waals surface area (Å²) < 4.78 is 0. The molecule has 0 aromatic heterocycles. The van der Waals surface area contributed by atoms with Crippen LogP contribution in [-0.4, -0.2) is 34.8 Å². The van der Waals surface area contributed by atoms with E-state index in [-0.39, 0.29) is 12.4 Å². The number of rotatable bonds is 8. The van der Waals surface area contributed by atoms with Gasteiger partial charge >= 0.3 is 0 Å². The predicted octanol–water partition coefficient (Wildman–Crippen LogP) is 6.84. The first-order valence-electron chi connectivity index (χ1n) is 12.3. The Morgan fingerprint density at radius 3 is 2.00 bits per heavy atom. The van der Waals surface area contributed by atoms with Crippen LogP contribution in [0.2, 0.25) is 0 Å². The van der Waals surface area contributed by atoms with Gasteiger partial charge in [0, 0.05) is 25.4 Å². The summed E-state index contributed by atoms with van der Waals surface area (Å²) in [5.41, 5.74) is 8.31. The monoisotopic (exact) mass is 453 g/mol. The van der Waals surface area contributed by atoms with Gasteiger partial charge < -0.3 is 15.1 Å². The highest BCUT2D eigenvalue weighted by Crippen LogP contribution is 2.37. The minimum atomic E-state index is 0.154.